The zero-order chi connectivity index (χ0) is 24.3. The first kappa shape index (κ1) is 23.4. The molecule has 0 atom stereocenters. The largest absolute Gasteiger partial charge is 0.421 e. The minimum absolute atomic E-state index is 0.00765. The molecule has 3 heterocycles. The monoisotopic (exact) mass is 492 g/mol. The first-order valence-electron chi connectivity index (χ1n) is 10.0. The average molecular weight is 492 g/mol. The lowest BCUT2D eigenvalue weighted by Gasteiger charge is -2.29. The zero-order valence-corrected chi connectivity index (χ0v) is 18.4. The highest BCUT2D eigenvalue weighted by atomic mass is 32.1. The van der Waals surface area contributed by atoms with Gasteiger partial charge in [-0.3, -0.25) is 9.59 Å². The number of primary amides is 1. The van der Waals surface area contributed by atoms with Gasteiger partial charge in [0.15, 0.2) is 0 Å². The van der Waals surface area contributed by atoms with Crippen LogP contribution < -0.4 is 21.3 Å². The Morgan fingerprint density at radius 3 is 2.62 bits per heavy atom. The molecule has 1 fully saturated rings. The molecule has 0 radical (unpaired) electrons. The number of thiophene rings is 1. The molecule has 2 aromatic heterocycles. The Bertz CT molecular complexity index is 1210. The number of ether oxygens (including phenoxy) is 1. The number of nitrogens with zero attached hydrogens (tertiary/aromatic N) is 3. The molecule has 0 spiro atoms. The standard InChI is InChI=1S/C21H19F3N6O3S/c22-21(23,24)15-11-26-20(27-12-2-1-3-13(10-12)30-5-7-33-8-6-30)29-18(15)28-19-14(4-9-34-19)16(31)17(25)32/h1-4,9-11H,5-8H2,(H2,25,32)(H2,26,27,28,29). The van der Waals surface area contributed by atoms with E-state index in [9.17, 15) is 22.8 Å². The summed E-state index contributed by atoms with van der Waals surface area (Å²) in [5.74, 6) is -2.91. The first-order chi connectivity index (χ1) is 16.2. The third-order valence-electron chi connectivity index (χ3n) is 4.94. The average Bonchev–Trinajstić information content (AvgIpc) is 3.26. The van der Waals surface area contributed by atoms with Crippen LogP contribution in [0.15, 0.2) is 41.9 Å². The van der Waals surface area contributed by atoms with Crippen LogP contribution in [0.5, 0.6) is 0 Å². The van der Waals surface area contributed by atoms with Gasteiger partial charge in [0.05, 0.1) is 18.8 Å². The Morgan fingerprint density at radius 1 is 1.15 bits per heavy atom. The molecule has 1 aliphatic rings. The highest BCUT2D eigenvalue weighted by Gasteiger charge is 2.36. The Labute approximate surface area is 195 Å². The summed E-state index contributed by atoms with van der Waals surface area (Å²) in [6, 6.07) is 8.60. The summed E-state index contributed by atoms with van der Waals surface area (Å²) < 4.78 is 46.1. The molecule has 13 heteroatoms. The van der Waals surface area contributed by atoms with Crippen LogP contribution in [0.1, 0.15) is 15.9 Å². The van der Waals surface area contributed by atoms with E-state index in [1.807, 2.05) is 18.2 Å². The molecule has 1 amide bonds. The van der Waals surface area contributed by atoms with Gasteiger partial charge in [-0.1, -0.05) is 6.07 Å². The fourth-order valence-corrected chi connectivity index (χ4v) is 4.08. The van der Waals surface area contributed by atoms with Crippen LogP contribution in [0.25, 0.3) is 0 Å². The number of nitrogens with one attached hydrogen (secondary N) is 2. The number of carbonyl (C=O) groups is 2. The lowest BCUT2D eigenvalue weighted by Crippen LogP contribution is -2.36. The Hall–Kier alpha value is -3.71. The predicted molar refractivity (Wildman–Crippen MR) is 121 cm³/mol. The van der Waals surface area contributed by atoms with Gasteiger partial charge in [0.2, 0.25) is 5.95 Å². The van der Waals surface area contributed by atoms with Crippen LogP contribution in [0, 0.1) is 0 Å². The quantitative estimate of drug-likeness (QED) is 0.338. The Balaban J connectivity index is 1.63. The fraction of sp³-hybridized carbons (Fsp3) is 0.238. The van der Waals surface area contributed by atoms with Crippen LogP contribution in [0.4, 0.5) is 41.3 Å². The van der Waals surface area contributed by atoms with Crippen molar-refractivity contribution in [2.75, 3.05) is 41.8 Å². The summed E-state index contributed by atoms with van der Waals surface area (Å²) in [6.45, 7) is 2.66. The highest BCUT2D eigenvalue weighted by molar-refractivity contribution is 7.14. The molecule has 0 unspecified atom stereocenters. The van der Waals surface area contributed by atoms with Gasteiger partial charge in [-0.05, 0) is 29.6 Å². The van der Waals surface area contributed by atoms with Crippen LogP contribution in [0.3, 0.4) is 0 Å². The van der Waals surface area contributed by atoms with Gasteiger partial charge in [0.25, 0.3) is 11.7 Å². The van der Waals surface area contributed by atoms with Crippen molar-refractivity contribution in [3.05, 3.63) is 53.0 Å². The van der Waals surface area contributed by atoms with E-state index in [4.69, 9.17) is 10.5 Å². The van der Waals surface area contributed by atoms with Crippen molar-refractivity contribution in [3.63, 3.8) is 0 Å². The maximum absolute atomic E-state index is 13.6. The number of Topliss-reactive ketones (excluding diaryl/α,β-unsaturated/α-hetero) is 1. The number of halogens is 3. The van der Waals surface area contributed by atoms with E-state index >= 15 is 0 Å². The molecule has 9 nitrogen and oxygen atoms in total. The second-order valence-electron chi connectivity index (χ2n) is 7.21. The lowest BCUT2D eigenvalue weighted by molar-refractivity contribution is -0.137. The number of benzene rings is 1. The van der Waals surface area contributed by atoms with Crippen molar-refractivity contribution >= 4 is 51.2 Å². The molecular weight excluding hydrogens is 473 g/mol. The summed E-state index contributed by atoms with van der Waals surface area (Å²) in [5, 5.41) is 6.88. The number of morpholine rings is 1. The zero-order valence-electron chi connectivity index (χ0n) is 17.6. The van der Waals surface area contributed by atoms with E-state index in [0.29, 0.717) is 25.1 Å². The molecule has 0 aliphatic carbocycles. The number of alkyl halides is 3. The molecule has 1 aromatic carbocycles. The van der Waals surface area contributed by atoms with E-state index in [1.54, 1.807) is 6.07 Å². The van der Waals surface area contributed by atoms with Crippen molar-refractivity contribution in [2.24, 2.45) is 5.73 Å². The summed E-state index contributed by atoms with van der Waals surface area (Å²) in [5.41, 5.74) is 5.25. The van der Waals surface area contributed by atoms with Gasteiger partial charge >= 0.3 is 6.18 Å². The molecule has 0 bridgehead atoms. The topological polar surface area (TPSA) is 122 Å². The molecule has 4 rings (SSSR count). The smallest absolute Gasteiger partial charge is 0.378 e. The van der Waals surface area contributed by atoms with Gasteiger partial charge in [0, 0.05) is 30.7 Å². The van der Waals surface area contributed by atoms with Gasteiger partial charge in [0.1, 0.15) is 16.4 Å². The number of rotatable bonds is 7. The molecule has 34 heavy (non-hydrogen) atoms. The van der Waals surface area contributed by atoms with Crippen LogP contribution >= 0.6 is 11.3 Å². The van der Waals surface area contributed by atoms with Crippen molar-refractivity contribution in [1.29, 1.82) is 0 Å². The summed E-state index contributed by atoms with van der Waals surface area (Å²) in [7, 11) is 0. The van der Waals surface area contributed by atoms with E-state index in [1.165, 1.54) is 11.4 Å². The minimum atomic E-state index is -4.76. The number of amides is 1. The summed E-state index contributed by atoms with van der Waals surface area (Å²) >= 11 is 0.933. The van der Waals surface area contributed by atoms with Crippen molar-refractivity contribution in [2.45, 2.75) is 6.18 Å². The van der Waals surface area contributed by atoms with E-state index in [2.05, 4.69) is 25.5 Å². The molecule has 1 saturated heterocycles. The van der Waals surface area contributed by atoms with E-state index < -0.39 is 29.2 Å². The van der Waals surface area contributed by atoms with E-state index in [-0.39, 0.29) is 16.5 Å². The fourth-order valence-electron chi connectivity index (χ4n) is 3.30. The SMILES string of the molecule is NC(=O)C(=O)c1ccsc1Nc1nc(Nc2cccc(N3CCOCC3)c2)ncc1C(F)(F)F. The molecule has 3 aromatic rings. The minimum Gasteiger partial charge on any atom is -0.378 e. The van der Waals surface area contributed by atoms with Crippen LogP contribution in [0.2, 0.25) is 0 Å². The predicted octanol–water partition coefficient (Wildman–Crippen LogP) is 3.55. The summed E-state index contributed by atoms with van der Waals surface area (Å²) in [6.07, 6.45) is -4.12. The van der Waals surface area contributed by atoms with Gasteiger partial charge < -0.3 is 26.0 Å². The number of aromatic nitrogens is 2. The van der Waals surface area contributed by atoms with Crippen LogP contribution in [-0.4, -0.2) is 48.0 Å². The van der Waals surface area contributed by atoms with Gasteiger partial charge in [-0.25, -0.2) is 4.98 Å². The Morgan fingerprint density at radius 2 is 1.91 bits per heavy atom. The molecule has 0 saturated carbocycles. The Kier molecular flexibility index (Phi) is 6.65. The van der Waals surface area contributed by atoms with Crippen molar-refractivity contribution < 1.29 is 27.5 Å². The second kappa shape index (κ2) is 9.65. The number of hydrogen-bond donors (Lipinski definition) is 3. The maximum atomic E-state index is 13.6. The third kappa shape index (κ3) is 5.26. The lowest BCUT2D eigenvalue weighted by atomic mass is 10.2. The van der Waals surface area contributed by atoms with Crippen LogP contribution in [-0.2, 0) is 15.7 Å². The highest BCUT2D eigenvalue weighted by Crippen LogP contribution is 2.37. The number of anilines is 5. The maximum Gasteiger partial charge on any atom is 0.421 e. The van der Waals surface area contributed by atoms with Crippen molar-refractivity contribution in [3.8, 4) is 0 Å². The van der Waals surface area contributed by atoms with Gasteiger partial charge in [-0.15, -0.1) is 11.3 Å². The van der Waals surface area contributed by atoms with E-state index in [0.717, 1.165) is 30.1 Å². The molecule has 4 N–H and O–H groups in total. The number of hydrogen-bond acceptors (Lipinski definition) is 9. The third-order valence-corrected chi connectivity index (χ3v) is 5.77. The first-order valence-corrected chi connectivity index (χ1v) is 10.9. The molecule has 1 aliphatic heterocycles. The molecule has 178 valence electrons. The normalized spacial score (nSPS) is 14.0. The van der Waals surface area contributed by atoms with Gasteiger partial charge in [-0.2, -0.15) is 18.2 Å². The number of ketones is 1. The van der Waals surface area contributed by atoms with Crippen molar-refractivity contribution in [1.82, 2.24) is 9.97 Å². The number of carbonyl (C=O) groups excluding carboxylic acids is 2. The summed E-state index contributed by atoms with van der Waals surface area (Å²) in [4.78, 5) is 33.2. The second-order valence-corrected chi connectivity index (χ2v) is 8.13. The molecular formula is C21H19F3N6O3S. The number of nitrogens with two attached hydrogens (primary N) is 1.